The second-order valence-electron chi connectivity index (χ2n) is 10.4. The normalized spacial score (nSPS) is 11.4. The van der Waals surface area contributed by atoms with Crippen molar-refractivity contribution in [2.75, 3.05) is 7.11 Å². The monoisotopic (exact) mass is 560 g/mol. The number of benzene rings is 3. The quantitative estimate of drug-likeness (QED) is 0.130. The molecule has 0 aromatic heterocycles. The number of rotatable bonds is 11. The largest absolute Gasteiger partial charge is 0.508 e. The number of aryl methyl sites for hydroxylation is 1. The summed E-state index contributed by atoms with van der Waals surface area (Å²) in [5.41, 5.74) is 2.89. The number of Topliss-reactive ketones (excluding diaryl/α,β-unsaturated/α-hetero) is 1. The van der Waals surface area contributed by atoms with Crippen LogP contribution in [-0.2, 0) is 12.8 Å². The second kappa shape index (κ2) is 13.1. The van der Waals surface area contributed by atoms with Gasteiger partial charge < -0.3 is 30.3 Å². The molecule has 0 saturated heterocycles. The minimum Gasteiger partial charge on any atom is -0.508 e. The molecule has 0 aliphatic heterocycles. The topological polar surface area (TPSA) is 145 Å². The molecule has 3 rings (SSSR count). The minimum atomic E-state index is -1.19. The molecular formula is C33H36O8. The highest BCUT2D eigenvalue weighted by molar-refractivity contribution is 6.02. The molecule has 5 N–H and O–H groups in total. The van der Waals surface area contributed by atoms with Crippen molar-refractivity contribution in [2.45, 2.75) is 52.9 Å². The fraction of sp³-hybridized carbons (Fsp3) is 0.273. The van der Waals surface area contributed by atoms with Crippen molar-refractivity contribution in [1.29, 1.82) is 0 Å². The van der Waals surface area contributed by atoms with Gasteiger partial charge in [0, 0.05) is 29.5 Å². The fourth-order valence-corrected chi connectivity index (χ4v) is 4.65. The van der Waals surface area contributed by atoms with Gasteiger partial charge in [-0.3, -0.25) is 4.79 Å². The van der Waals surface area contributed by atoms with Gasteiger partial charge in [0.25, 0.3) is 0 Å². The Morgan fingerprint density at radius 1 is 0.902 bits per heavy atom. The summed E-state index contributed by atoms with van der Waals surface area (Å²) < 4.78 is 5.50. The summed E-state index contributed by atoms with van der Waals surface area (Å²) in [4.78, 5) is 25.4. The van der Waals surface area contributed by atoms with E-state index in [4.69, 9.17) is 4.74 Å². The van der Waals surface area contributed by atoms with Gasteiger partial charge in [-0.2, -0.15) is 0 Å². The zero-order valence-electron chi connectivity index (χ0n) is 23.9. The Balaban J connectivity index is 2.22. The zero-order chi connectivity index (χ0) is 30.4. The third-order valence-electron chi connectivity index (χ3n) is 6.70. The third-order valence-corrected chi connectivity index (χ3v) is 6.70. The molecule has 0 amide bonds. The van der Waals surface area contributed by atoms with E-state index in [1.165, 1.54) is 37.4 Å². The first-order valence-electron chi connectivity index (χ1n) is 13.1. The van der Waals surface area contributed by atoms with Crippen LogP contribution in [0.2, 0.25) is 0 Å². The fourth-order valence-electron chi connectivity index (χ4n) is 4.65. The number of phenolic OH excluding ortho intramolecular Hbond substituents is 4. The Hall–Kier alpha value is -4.72. The van der Waals surface area contributed by atoms with Crippen molar-refractivity contribution < 1.29 is 39.9 Å². The molecule has 216 valence electrons. The molecule has 1 atom stereocenters. The predicted molar refractivity (Wildman–Crippen MR) is 157 cm³/mol. The first kappa shape index (κ1) is 30.8. The number of aromatic carboxylic acids is 1. The van der Waals surface area contributed by atoms with Crippen LogP contribution in [0, 0.1) is 0 Å². The van der Waals surface area contributed by atoms with E-state index in [9.17, 15) is 35.1 Å². The van der Waals surface area contributed by atoms with Crippen LogP contribution in [0.4, 0.5) is 0 Å². The maximum atomic E-state index is 13.3. The number of ether oxygens (including phenoxy) is 1. The van der Waals surface area contributed by atoms with Gasteiger partial charge in [0.05, 0.1) is 12.7 Å². The molecule has 0 unspecified atom stereocenters. The molecule has 3 aromatic rings. The van der Waals surface area contributed by atoms with E-state index in [1.807, 2.05) is 33.8 Å². The lowest BCUT2D eigenvalue weighted by molar-refractivity contribution is 0.0696. The molecular weight excluding hydrogens is 524 g/mol. The van der Waals surface area contributed by atoms with Gasteiger partial charge in [-0.05, 0) is 75.9 Å². The Bertz CT molecular complexity index is 1510. The average molecular weight is 561 g/mol. The van der Waals surface area contributed by atoms with Crippen LogP contribution < -0.4 is 4.74 Å². The lowest BCUT2D eigenvalue weighted by Crippen LogP contribution is -2.10. The highest BCUT2D eigenvalue weighted by Gasteiger charge is 2.30. The second-order valence-corrected chi connectivity index (χ2v) is 10.4. The van der Waals surface area contributed by atoms with Gasteiger partial charge in [-0.15, -0.1) is 0 Å². The first-order chi connectivity index (χ1) is 19.3. The number of carbonyl (C=O) groups excluding carboxylic acids is 1. The van der Waals surface area contributed by atoms with Gasteiger partial charge in [-0.1, -0.05) is 35.4 Å². The number of hydrogen-bond acceptors (Lipinski definition) is 7. The molecule has 0 aliphatic carbocycles. The van der Waals surface area contributed by atoms with E-state index >= 15 is 0 Å². The van der Waals surface area contributed by atoms with Crippen molar-refractivity contribution >= 4 is 11.8 Å². The Kier molecular flexibility index (Phi) is 9.84. The highest BCUT2D eigenvalue weighted by atomic mass is 16.5. The number of hydrogen-bond donors (Lipinski definition) is 5. The number of carboxylic acid groups (broad SMARTS) is 1. The van der Waals surface area contributed by atoms with Crippen molar-refractivity contribution in [3.05, 3.63) is 99.1 Å². The van der Waals surface area contributed by atoms with E-state index in [1.54, 1.807) is 18.2 Å². The standard InChI is InChI=1S/C33H36O8/c1-18(2)6-10-21-15-22(33(39)40)16-25(31(21)37)24(14-19(3)4)29-28(41-5)17-27(36)30(32(29)38)26(35)13-9-20-7-11-23(34)12-8-20/h6-8,11-12,14-17,24,34,36-38H,9-10,13H2,1-5H3,(H,39,40)/t24-/m1/s1. The maximum Gasteiger partial charge on any atom is 0.335 e. The molecule has 0 saturated carbocycles. The molecule has 0 aliphatic rings. The minimum absolute atomic E-state index is 0.0441. The van der Waals surface area contributed by atoms with Gasteiger partial charge in [0.15, 0.2) is 5.78 Å². The van der Waals surface area contributed by atoms with Gasteiger partial charge in [-0.25, -0.2) is 4.79 Å². The van der Waals surface area contributed by atoms with Crippen LogP contribution in [0.3, 0.4) is 0 Å². The molecule has 0 radical (unpaired) electrons. The molecule has 3 aromatic carbocycles. The number of methoxy groups -OCH3 is 1. The van der Waals surface area contributed by atoms with Crippen molar-refractivity contribution in [2.24, 2.45) is 0 Å². The number of aromatic hydroxyl groups is 4. The highest BCUT2D eigenvalue weighted by Crippen LogP contribution is 2.48. The Morgan fingerprint density at radius 2 is 1.56 bits per heavy atom. The van der Waals surface area contributed by atoms with Gasteiger partial charge in [0.2, 0.25) is 0 Å². The summed E-state index contributed by atoms with van der Waals surface area (Å²) >= 11 is 0. The molecule has 0 heterocycles. The third kappa shape index (κ3) is 7.28. The molecule has 0 fully saturated rings. The number of ketones is 1. The number of phenols is 4. The number of carbonyl (C=O) groups is 2. The van der Waals surface area contributed by atoms with Crippen molar-refractivity contribution in [1.82, 2.24) is 0 Å². The first-order valence-corrected chi connectivity index (χ1v) is 13.1. The molecule has 8 nitrogen and oxygen atoms in total. The smallest absolute Gasteiger partial charge is 0.335 e. The lowest BCUT2D eigenvalue weighted by atomic mass is 9.83. The number of carboxylic acids is 1. The Morgan fingerprint density at radius 3 is 2.12 bits per heavy atom. The molecule has 0 bridgehead atoms. The maximum absolute atomic E-state index is 13.3. The molecule has 41 heavy (non-hydrogen) atoms. The van der Waals surface area contributed by atoms with E-state index in [0.29, 0.717) is 12.0 Å². The summed E-state index contributed by atoms with van der Waals surface area (Å²) in [5, 5.41) is 53.0. The lowest BCUT2D eigenvalue weighted by Gasteiger charge is -2.23. The van der Waals surface area contributed by atoms with Crippen molar-refractivity contribution in [3.8, 4) is 28.7 Å². The van der Waals surface area contributed by atoms with E-state index in [-0.39, 0.29) is 52.3 Å². The molecule has 8 heteroatoms. The van der Waals surface area contributed by atoms with Crippen LogP contribution in [0.1, 0.15) is 83.0 Å². The van der Waals surface area contributed by atoms with E-state index in [0.717, 1.165) is 16.7 Å². The summed E-state index contributed by atoms with van der Waals surface area (Å²) in [6.45, 7) is 7.40. The van der Waals surface area contributed by atoms with E-state index < -0.39 is 29.2 Å². The van der Waals surface area contributed by atoms with E-state index in [2.05, 4.69) is 0 Å². The number of allylic oxidation sites excluding steroid dienone is 4. The summed E-state index contributed by atoms with van der Waals surface area (Å²) in [7, 11) is 1.34. The van der Waals surface area contributed by atoms with Crippen LogP contribution in [-0.4, -0.2) is 44.4 Å². The summed E-state index contributed by atoms with van der Waals surface area (Å²) in [6, 6.07) is 10.4. The zero-order valence-corrected chi connectivity index (χ0v) is 23.9. The van der Waals surface area contributed by atoms with Crippen LogP contribution in [0.5, 0.6) is 28.7 Å². The predicted octanol–water partition coefficient (Wildman–Crippen LogP) is 6.64. The van der Waals surface area contributed by atoms with Crippen LogP contribution in [0.15, 0.2) is 65.8 Å². The summed E-state index contributed by atoms with van der Waals surface area (Å²) in [5.74, 6) is -3.63. The summed E-state index contributed by atoms with van der Waals surface area (Å²) in [6.07, 6.45) is 4.13. The van der Waals surface area contributed by atoms with Gasteiger partial charge in [0.1, 0.15) is 34.3 Å². The Labute approximate surface area is 239 Å². The van der Waals surface area contributed by atoms with Gasteiger partial charge >= 0.3 is 5.97 Å². The average Bonchev–Trinajstić information content (AvgIpc) is 2.90. The van der Waals surface area contributed by atoms with Crippen LogP contribution >= 0.6 is 0 Å². The molecule has 0 spiro atoms. The van der Waals surface area contributed by atoms with Crippen molar-refractivity contribution in [3.63, 3.8) is 0 Å². The SMILES string of the molecule is COc1cc(O)c(C(=O)CCc2ccc(O)cc2)c(O)c1[C@H](C=C(C)C)c1cc(C(=O)O)cc(CC=C(C)C)c1O. The van der Waals surface area contributed by atoms with Crippen LogP contribution in [0.25, 0.3) is 0 Å².